The Bertz CT molecular complexity index is 529. The lowest BCUT2D eigenvalue weighted by molar-refractivity contribution is 1.41. The number of H-pyrrole nitrogens is 1. The molecule has 1 aromatic heterocycles. The molecule has 3 rings (SSSR count). The van der Waals surface area contributed by atoms with Gasteiger partial charge in [-0.25, -0.2) is 0 Å². The Kier molecular flexibility index (Phi) is 3.25. The normalized spacial score (nSPS) is 12.9. The highest BCUT2D eigenvalue weighted by molar-refractivity contribution is 5.93. The van der Waals surface area contributed by atoms with Gasteiger partial charge in [0.25, 0.3) is 0 Å². The molecule has 1 aliphatic carbocycles. The first kappa shape index (κ1) is 10.7. The summed E-state index contributed by atoms with van der Waals surface area (Å²) in [5.41, 5.74) is 3.75. The minimum absolute atomic E-state index is 1.02. The summed E-state index contributed by atoms with van der Waals surface area (Å²) in [6.45, 7) is 4.00. The van der Waals surface area contributed by atoms with Gasteiger partial charge in [0.05, 0.1) is 0 Å². The highest BCUT2D eigenvalue weighted by atomic mass is 14.7. The van der Waals surface area contributed by atoms with Gasteiger partial charge in [-0.05, 0) is 18.6 Å². The third-order valence-corrected chi connectivity index (χ3v) is 2.62. The third kappa shape index (κ3) is 1.81. The number of rotatable bonds is 0. The van der Waals surface area contributed by atoms with Crippen molar-refractivity contribution in [3.8, 4) is 0 Å². The van der Waals surface area contributed by atoms with Gasteiger partial charge >= 0.3 is 0 Å². The molecule has 1 heterocycles. The molecule has 0 saturated heterocycles. The van der Waals surface area contributed by atoms with Crippen LogP contribution in [-0.4, -0.2) is 4.98 Å². The van der Waals surface area contributed by atoms with Gasteiger partial charge in [0.2, 0.25) is 0 Å². The molecule has 0 unspecified atom stereocenters. The predicted molar refractivity (Wildman–Crippen MR) is 72.3 cm³/mol. The summed E-state index contributed by atoms with van der Waals surface area (Å²) in [6, 6.07) is 8.42. The second-order valence-electron chi connectivity index (χ2n) is 3.54. The van der Waals surface area contributed by atoms with Gasteiger partial charge in [-0.1, -0.05) is 50.3 Å². The van der Waals surface area contributed by atoms with Crippen LogP contribution in [0.1, 0.15) is 31.5 Å². The van der Waals surface area contributed by atoms with Crippen molar-refractivity contribution in [3.63, 3.8) is 0 Å². The first-order valence-electron chi connectivity index (χ1n) is 5.89. The smallest absolute Gasteiger partial charge is 0.0464 e. The van der Waals surface area contributed by atoms with E-state index in [-0.39, 0.29) is 0 Å². The average molecular weight is 211 g/mol. The fourth-order valence-corrected chi connectivity index (χ4v) is 1.95. The molecule has 0 bridgehead atoms. The number of benzene rings is 1. The highest BCUT2D eigenvalue weighted by Crippen LogP contribution is 2.26. The molecule has 0 fully saturated rings. The Hall–Kier alpha value is -1.76. The summed E-state index contributed by atoms with van der Waals surface area (Å²) in [5.74, 6) is 0. The van der Waals surface area contributed by atoms with Gasteiger partial charge in [-0.3, -0.25) is 0 Å². The molecule has 1 N–H and O–H groups in total. The second-order valence-corrected chi connectivity index (χ2v) is 3.54. The van der Waals surface area contributed by atoms with E-state index >= 15 is 0 Å². The Morgan fingerprint density at radius 1 is 1.00 bits per heavy atom. The number of aromatic nitrogens is 1. The largest absolute Gasteiger partial charge is 0.355 e. The van der Waals surface area contributed by atoms with Crippen LogP contribution in [0.2, 0.25) is 0 Å². The molecule has 16 heavy (non-hydrogen) atoms. The Morgan fingerprint density at radius 3 is 2.62 bits per heavy atom. The number of para-hydroxylation sites is 1. The lowest BCUT2D eigenvalue weighted by Gasteiger charge is -1.90. The summed E-state index contributed by atoms with van der Waals surface area (Å²) in [6.07, 6.45) is 9.76. The maximum atomic E-state index is 3.42. The minimum atomic E-state index is 1.02. The Morgan fingerprint density at radius 2 is 1.75 bits per heavy atom. The third-order valence-electron chi connectivity index (χ3n) is 2.62. The number of allylic oxidation sites excluding steroid dienone is 2. The molecule has 2 aromatic rings. The molecule has 1 aliphatic rings. The maximum Gasteiger partial charge on any atom is 0.0464 e. The van der Waals surface area contributed by atoms with E-state index in [1.807, 2.05) is 13.8 Å². The van der Waals surface area contributed by atoms with E-state index in [2.05, 4.69) is 53.6 Å². The van der Waals surface area contributed by atoms with E-state index in [4.69, 9.17) is 0 Å². The number of nitrogens with one attached hydrogen (secondary N) is 1. The van der Waals surface area contributed by atoms with E-state index < -0.39 is 0 Å². The van der Waals surface area contributed by atoms with Crippen molar-refractivity contribution >= 4 is 23.1 Å². The molecule has 1 nitrogen and oxygen atoms in total. The van der Waals surface area contributed by atoms with Crippen molar-refractivity contribution < 1.29 is 0 Å². The van der Waals surface area contributed by atoms with Crippen LogP contribution in [0.5, 0.6) is 0 Å². The van der Waals surface area contributed by atoms with E-state index in [0.717, 1.165) is 6.42 Å². The van der Waals surface area contributed by atoms with E-state index in [9.17, 15) is 0 Å². The van der Waals surface area contributed by atoms with Crippen molar-refractivity contribution in [2.24, 2.45) is 0 Å². The van der Waals surface area contributed by atoms with Crippen LogP contribution >= 0.6 is 0 Å². The highest BCUT2D eigenvalue weighted by Gasteiger charge is 2.06. The van der Waals surface area contributed by atoms with Crippen LogP contribution in [0.4, 0.5) is 0 Å². The molecule has 82 valence electrons. The molecule has 0 amide bonds. The lowest BCUT2D eigenvalue weighted by Crippen LogP contribution is -1.72. The van der Waals surface area contributed by atoms with Crippen molar-refractivity contribution in [2.75, 3.05) is 0 Å². The summed E-state index contributed by atoms with van der Waals surface area (Å²) in [4.78, 5) is 3.42. The van der Waals surface area contributed by atoms with Gasteiger partial charge < -0.3 is 4.98 Å². The predicted octanol–water partition coefficient (Wildman–Crippen LogP) is 4.62. The van der Waals surface area contributed by atoms with Crippen molar-refractivity contribution in [1.29, 1.82) is 0 Å². The molecular weight excluding hydrogens is 194 g/mol. The lowest BCUT2D eigenvalue weighted by atomic mass is 10.1. The molecule has 0 aliphatic heterocycles. The van der Waals surface area contributed by atoms with Crippen molar-refractivity contribution in [3.05, 3.63) is 47.7 Å². The van der Waals surface area contributed by atoms with Gasteiger partial charge in [0, 0.05) is 22.2 Å². The number of fused-ring (bicyclic) bond motifs is 3. The van der Waals surface area contributed by atoms with Crippen LogP contribution in [0.15, 0.2) is 36.4 Å². The zero-order chi connectivity index (χ0) is 11.4. The fraction of sp³-hybridized carbons (Fsp3) is 0.200. The minimum Gasteiger partial charge on any atom is -0.355 e. The molecule has 0 radical (unpaired) electrons. The van der Waals surface area contributed by atoms with Gasteiger partial charge in [0.1, 0.15) is 0 Å². The van der Waals surface area contributed by atoms with Crippen LogP contribution in [0, 0.1) is 0 Å². The van der Waals surface area contributed by atoms with Gasteiger partial charge in [-0.15, -0.1) is 0 Å². The molecule has 0 spiro atoms. The Labute approximate surface area is 96.5 Å². The Balaban J connectivity index is 0.000000457. The fourth-order valence-electron chi connectivity index (χ4n) is 1.95. The number of hydrogen-bond donors (Lipinski definition) is 1. The van der Waals surface area contributed by atoms with Crippen LogP contribution in [0.3, 0.4) is 0 Å². The average Bonchev–Trinajstić information content (AvgIpc) is 2.54. The van der Waals surface area contributed by atoms with E-state index in [1.54, 1.807) is 0 Å². The summed E-state index contributed by atoms with van der Waals surface area (Å²) in [7, 11) is 0. The number of hydrogen-bond acceptors (Lipinski definition) is 0. The van der Waals surface area contributed by atoms with Gasteiger partial charge in [0.15, 0.2) is 0 Å². The number of aromatic amines is 1. The van der Waals surface area contributed by atoms with Gasteiger partial charge in [-0.2, -0.15) is 0 Å². The molecular formula is C15H17N. The molecule has 0 atom stereocenters. The molecule has 1 heteroatoms. The molecule has 0 saturated carbocycles. The van der Waals surface area contributed by atoms with E-state index in [1.165, 1.54) is 22.2 Å². The topological polar surface area (TPSA) is 15.8 Å². The summed E-state index contributed by atoms with van der Waals surface area (Å²) < 4.78 is 0. The maximum absolute atomic E-state index is 3.42. The second kappa shape index (κ2) is 4.84. The van der Waals surface area contributed by atoms with Crippen molar-refractivity contribution in [2.45, 2.75) is 20.3 Å². The zero-order valence-electron chi connectivity index (χ0n) is 9.83. The van der Waals surface area contributed by atoms with Crippen LogP contribution in [-0.2, 0) is 0 Å². The molecule has 1 aromatic carbocycles. The van der Waals surface area contributed by atoms with Crippen molar-refractivity contribution in [1.82, 2.24) is 4.98 Å². The quantitative estimate of drug-likeness (QED) is 0.654. The first-order chi connectivity index (χ1) is 7.95. The standard InChI is InChI=1S/C13H11N.C2H6/c1-2-6-10-11-7-4-5-9-13(11)14-12(10)8-3-1;1-2/h2-9,14H,1H2;1-2H3. The van der Waals surface area contributed by atoms with Crippen LogP contribution in [0.25, 0.3) is 23.1 Å². The van der Waals surface area contributed by atoms with Crippen LogP contribution < -0.4 is 0 Å². The summed E-state index contributed by atoms with van der Waals surface area (Å²) in [5, 5.41) is 1.31. The zero-order valence-corrected chi connectivity index (χ0v) is 9.83. The van der Waals surface area contributed by atoms with E-state index in [0.29, 0.717) is 0 Å². The SMILES string of the molecule is C1=Cc2[nH]c3ccccc3c2C=CC1.CC. The monoisotopic (exact) mass is 211 g/mol. The first-order valence-corrected chi connectivity index (χ1v) is 5.89. The summed E-state index contributed by atoms with van der Waals surface area (Å²) >= 11 is 0.